The van der Waals surface area contributed by atoms with E-state index in [1.807, 2.05) is 11.3 Å². The minimum Gasteiger partial charge on any atom is -0.310 e. The van der Waals surface area contributed by atoms with Gasteiger partial charge in [-0.2, -0.15) is 0 Å². The van der Waals surface area contributed by atoms with Crippen molar-refractivity contribution in [1.29, 1.82) is 0 Å². The van der Waals surface area contributed by atoms with E-state index in [1.165, 1.54) is 20.5 Å². The Morgan fingerprint density at radius 2 is 1.76 bits per heavy atom. The maximum Gasteiger partial charge on any atom is 0.0369 e. The van der Waals surface area contributed by atoms with Gasteiger partial charge in [0, 0.05) is 21.8 Å². The second-order valence-electron chi connectivity index (χ2n) is 5.72. The zero-order valence-electron chi connectivity index (χ0n) is 13.0. The number of benzene rings is 1. The maximum atomic E-state index is 3.69. The lowest BCUT2D eigenvalue weighted by Gasteiger charge is -2.19. The minimum absolute atomic E-state index is 0.390. The van der Waals surface area contributed by atoms with Gasteiger partial charge in [0.25, 0.3) is 0 Å². The van der Waals surface area contributed by atoms with Crippen molar-refractivity contribution in [2.45, 2.75) is 45.6 Å². The standard InChI is InChI=1S/C18H24BrNS/c1-4-10-20-17(12-18-16(19)9-11-21-18)15-7-5-14(6-8-15)13(2)3/h5-9,11,13,17,20H,4,10,12H2,1-3H3. The summed E-state index contributed by atoms with van der Waals surface area (Å²) >= 11 is 5.48. The summed E-state index contributed by atoms with van der Waals surface area (Å²) in [5.74, 6) is 0.590. The van der Waals surface area contributed by atoms with E-state index in [9.17, 15) is 0 Å². The molecule has 1 N–H and O–H groups in total. The van der Waals surface area contributed by atoms with Crippen LogP contribution in [0.1, 0.15) is 55.2 Å². The van der Waals surface area contributed by atoms with Crippen molar-refractivity contribution in [2.24, 2.45) is 0 Å². The molecule has 0 saturated carbocycles. The quantitative estimate of drug-likeness (QED) is 0.642. The van der Waals surface area contributed by atoms with Crippen LogP contribution in [0.15, 0.2) is 40.2 Å². The Bertz CT molecular complexity index is 545. The maximum absolute atomic E-state index is 3.69. The zero-order valence-corrected chi connectivity index (χ0v) is 15.4. The Labute approximate surface area is 140 Å². The van der Waals surface area contributed by atoms with Gasteiger partial charge in [-0.25, -0.2) is 0 Å². The van der Waals surface area contributed by atoms with Crippen molar-refractivity contribution in [3.8, 4) is 0 Å². The molecule has 0 saturated heterocycles. The van der Waals surface area contributed by atoms with Crippen LogP contribution < -0.4 is 5.32 Å². The largest absolute Gasteiger partial charge is 0.310 e. The first-order valence-corrected chi connectivity index (χ1v) is 9.34. The Morgan fingerprint density at radius 3 is 2.29 bits per heavy atom. The molecule has 0 aliphatic heterocycles. The fraction of sp³-hybridized carbons (Fsp3) is 0.444. The van der Waals surface area contributed by atoms with E-state index in [-0.39, 0.29) is 0 Å². The molecular weight excluding hydrogens is 342 g/mol. The fourth-order valence-corrected chi connectivity index (χ4v) is 3.96. The summed E-state index contributed by atoms with van der Waals surface area (Å²) in [5.41, 5.74) is 2.79. The van der Waals surface area contributed by atoms with E-state index in [4.69, 9.17) is 0 Å². The smallest absolute Gasteiger partial charge is 0.0369 e. The third-order valence-corrected chi connectivity index (χ3v) is 5.68. The molecule has 1 atom stereocenters. The number of halogens is 1. The van der Waals surface area contributed by atoms with Crippen LogP contribution in [0.5, 0.6) is 0 Å². The summed E-state index contributed by atoms with van der Waals surface area (Å²) in [5, 5.41) is 5.84. The Balaban J connectivity index is 2.16. The van der Waals surface area contributed by atoms with Gasteiger partial charge < -0.3 is 5.32 Å². The monoisotopic (exact) mass is 365 g/mol. The van der Waals surface area contributed by atoms with Crippen LogP contribution >= 0.6 is 27.3 Å². The normalized spacial score (nSPS) is 12.8. The number of hydrogen-bond acceptors (Lipinski definition) is 2. The molecule has 1 unspecified atom stereocenters. The van der Waals surface area contributed by atoms with Gasteiger partial charge in [-0.15, -0.1) is 11.3 Å². The van der Waals surface area contributed by atoms with E-state index in [1.54, 1.807) is 0 Å². The molecule has 0 radical (unpaired) electrons. The highest BCUT2D eigenvalue weighted by atomic mass is 79.9. The molecule has 0 aliphatic carbocycles. The van der Waals surface area contributed by atoms with Crippen LogP contribution in [-0.4, -0.2) is 6.54 Å². The van der Waals surface area contributed by atoms with Gasteiger partial charge >= 0.3 is 0 Å². The van der Waals surface area contributed by atoms with Crippen LogP contribution in [0, 0.1) is 0 Å². The van der Waals surface area contributed by atoms with Crippen molar-refractivity contribution in [3.05, 3.63) is 56.2 Å². The molecule has 1 aromatic carbocycles. The summed E-state index contributed by atoms with van der Waals surface area (Å²) in [6.45, 7) is 7.75. The molecule has 1 heterocycles. The second kappa shape index (κ2) is 8.11. The molecule has 0 spiro atoms. The van der Waals surface area contributed by atoms with Gasteiger partial charge in [0.1, 0.15) is 0 Å². The Hall–Kier alpha value is -0.640. The van der Waals surface area contributed by atoms with Gasteiger partial charge in [0.2, 0.25) is 0 Å². The van der Waals surface area contributed by atoms with Crippen molar-refractivity contribution >= 4 is 27.3 Å². The lowest BCUT2D eigenvalue weighted by Crippen LogP contribution is -2.24. The van der Waals surface area contributed by atoms with E-state index in [2.05, 4.69) is 77.7 Å². The molecule has 2 rings (SSSR count). The number of thiophene rings is 1. The molecule has 0 amide bonds. The Kier molecular flexibility index (Phi) is 6.46. The lowest BCUT2D eigenvalue weighted by molar-refractivity contribution is 0.531. The Morgan fingerprint density at radius 1 is 1.10 bits per heavy atom. The van der Waals surface area contributed by atoms with Crippen molar-refractivity contribution in [3.63, 3.8) is 0 Å². The predicted molar refractivity (Wildman–Crippen MR) is 97.3 cm³/mol. The average molecular weight is 366 g/mol. The van der Waals surface area contributed by atoms with Crippen LogP contribution in [0.25, 0.3) is 0 Å². The molecule has 1 aromatic heterocycles. The lowest BCUT2D eigenvalue weighted by atomic mass is 9.97. The van der Waals surface area contributed by atoms with Crippen molar-refractivity contribution in [2.75, 3.05) is 6.54 Å². The topological polar surface area (TPSA) is 12.0 Å². The number of hydrogen-bond donors (Lipinski definition) is 1. The summed E-state index contributed by atoms with van der Waals surface area (Å²) in [7, 11) is 0. The van der Waals surface area contributed by atoms with E-state index in [0.717, 1.165) is 19.4 Å². The highest BCUT2D eigenvalue weighted by molar-refractivity contribution is 9.10. The molecule has 0 bridgehead atoms. The average Bonchev–Trinajstić information content (AvgIpc) is 2.88. The van der Waals surface area contributed by atoms with Gasteiger partial charge in [-0.05, 0) is 57.4 Å². The third-order valence-electron chi connectivity index (χ3n) is 3.73. The molecule has 3 heteroatoms. The molecule has 21 heavy (non-hydrogen) atoms. The molecule has 2 aromatic rings. The number of nitrogens with one attached hydrogen (secondary N) is 1. The van der Waals surface area contributed by atoms with Gasteiger partial charge in [-0.3, -0.25) is 0 Å². The highest BCUT2D eigenvalue weighted by Crippen LogP contribution is 2.29. The van der Waals surface area contributed by atoms with E-state index >= 15 is 0 Å². The first-order valence-electron chi connectivity index (χ1n) is 7.67. The summed E-state index contributed by atoms with van der Waals surface area (Å²) < 4.78 is 1.23. The molecule has 0 aliphatic rings. The highest BCUT2D eigenvalue weighted by Gasteiger charge is 2.14. The van der Waals surface area contributed by atoms with Crippen LogP contribution in [0.3, 0.4) is 0 Å². The summed E-state index contributed by atoms with van der Waals surface area (Å²) in [6, 6.07) is 11.6. The molecule has 0 fully saturated rings. The SMILES string of the molecule is CCCNC(Cc1sccc1Br)c1ccc(C(C)C)cc1. The van der Waals surface area contributed by atoms with Crippen molar-refractivity contribution < 1.29 is 0 Å². The first-order chi connectivity index (χ1) is 10.1. The summed E-state index contributed by atoms with van der Waals surface area (Å²) in [6.07, 6.45) is 2.20. The molecule has 1 nitrogen and oxygen atoms in total. The van der Waals surface area contributed by atoms with Gasteiger partial charge in [-0.1, -0.05) is 45.0 Å². The predicted octanol–water partition coefficient (Wildman–Crippen LogP) is 5.92. The first kappa shape index (κ1) is 16.7. The minimum atomic E-state index is 0.390. The van der Waals surface area contributed by atoms with E-state index < -0.39 is 0 Å². The van der Waals surface area contributed by atoms with Crippen LogP contribution in [0.2, 0.25) is 0 Å². The molecule has 114 valence electrons. The summed E-state index contributed by atoms with van der Waals surface area (Å²) in [4.78, 5) is 1.41. The van der Waals surface area contributed by atoms with Gasteiger partial charge in [0.15, 0.2) is 0 Å². The molecular formula is C18H24BrNS. The van der Waals surface area contributed by atoms with Crippen LogP contribution in [-0.2, 0) is 6.42 Å². The second-order valence-corrected chi connectivity index (χ2v) is 7.58. The van der Waals surface area contributed by atoms with Gasteiger partial charge in [0.05, 0.1) is 0 Å². The van der Waals surface area contributed by atoms with Crippen molar-refractivity contribution in [1.82, 2.24) is 5.32 Å². The fourth-order valence-electron chi connectivity index (χ4n) is 2.40. The van der Waals surface area contributed by atoms with Crippen LogP contribution in [0.4, 0.5) is 0 Å². The number of rotatable bonds is 7. The zero-order chi connectivity index (χ0) is 15.2. The van der Waals surface area contributed by atoms with E-state index in [0.29, 0.717) is 12.0 Å². The third kappa shape index (κ3) is 4.67.